The highest BCUT2D eigenvalue weighted by Gasteiger charge is 2.13. The van der Waals surface area contributed by atoms with Crippen LogP contribution in [0, 0.1) is 5.82 Å². The summed E-state index contributed by atoms with van der Waals surface area (Å²) in [7, 11) is 5.34. The van der Waals surface area contributed by atoms with Crippen LogP contribution >= 0.6 is 11.6 Å². The number of hydrogen-bond acceptors (Lipinski definition) is 3. The fraction of sp³-hybridized carbons (Fsp3) is 0.357. The van der Waals surface area contributed by atoms with E-state index >= 15 is 0 Å². The summed E-state index contributed by atoms with van der Waals surface area (Å²) in [6.45, 7) is 0.780. The normalized spacial score (nSPS) is 11.6. The first-order valence-electron chi connectivity index (χ1n) is 6.70. The van der Waals surface area contributed by atoms with Crippen molar-refractivity contribution in [2.75, 3.05) is 14.1 Å². The zero-order chi connectivity index (χ0) is 16.1. The smallest absolute Gasteiger partial charge is 0.194 e. The van der Waals surface area contributed by atoms with Crippen molar-refractivity contribution in [3.05, 3.63) is 46.8 Å². The van der Waals surface area contributed by atoms with Crippen molar-refractivity contribution >= 4 is 17.6 Å². The van der Waals surface area contributed by atoms with E-state index in [9.17, 15) is 4.39 Å². The second-order valence-corrected chi connectivity index (χ2v) is 5.22. The van der Waals surface area contributed by atoms with Gasteiger partial charge in [0, 0.05) is 38.3 Å². The Balaban J connectivity index is 2.03. The molecule has 0 unspecified atom stereocenters. The Morgan fingerprint density at radius 1 is 1.50 bits per heavy atom. The molecule has 0 spiro atoms. The van der Waals surface area contributed by atoms with Gasteiger partial charge in [-0.15, -0.1) is 10.2 Å². The Bertz CT molecular complexity index is 649. The van der Waals surface area contributed by atoms with Crippen LogP contribution < -0.4 is 5.32 Å². The van der Waals surface area contributed by atoms with Crippen LogP contribution in [0.1, 0.15) is 11.4 Å². The third-order valence-electron chi connectivity index (χ3n) is 3.24. The summed E-state index contributed by atoms with van der Waals surface area (Å²) in [5.74, 6) is 1.06. The van der Waals surface area contributed by atoms with Gasteiger partial charge in [-0.2, -0.15) is 0 Å². The predicted octanol–water partition coefficient (Wildman–Crippen LogP) is 1.81. The lowest BCUT2D eigenvalue weighted by molar-refractivity contribution is 0.459. The molecule has 8 heteroatoms. The Kier molecular flexibility index (Phi) is 5.32. The Hall–Kier alpha value is -2.15. The molecule has 0 bridgehead atoms. The average Bonchev–Trinajstić information content (AvgIpc) is 2.89. The summed E-state index contributed by atoms with van der Waals surface area (Å²) >= 11 is 6.05. The minimum Gasteiger partial charge on any atom is -0.349 e. The number of nitrogens with zero attached hydrogens (tertiary/aromatic N) is 5. The molecule has 0 aliphatic carbocycles. The molecule has 0 amide bonds. The minimum absolute atomic E-state index is 0.310. The predicted molar refractivity (Wildman–Crippen MR) is 84.1 cm³/mol. The van der Waals surface area contributed by atoms with Gasteiger partial charge in [0.15, 0.2) is 11.8 Å². The van der Waals surface area contributed by atoms with E-state index in [0.29, 0.717) is 29.6 Å². The molecule has 0 saturated carbocycles. The molecule has 22 heavy (non-hydrogen) atoms. The number of aliphatic imine (C=N–C) groups is 1. The molecule has 0 radical (unpaired) electrons. The largest absolute Gasteiger partial charge is 0.349 e. The van der Waals surface area contributed by atoms with E-state index in [1.165, 1.54) is 6.07 Å². The van der Waals surface area contributed by atoms with Crippen LogP contribution in [0.15, 0.2) is 29.5 Å². The fourth-order valence-electron chi connectivity index (χ4n) is 2.01. The SMILES string of the molecule is CN=C(NCc1nncn1C)N(C)Cc1c(F)cccc1Cl. The van der Waals surface area contributed by atoms with E-state index in [4.69, 9.17) is 11.6 Å². The summed E-state index contributed by atoms with van der Waals surface area (Å²) in [5, 5.41) is 11.4. The van der Waals surface area contributed by atoms with Gasteiger partial charge in [-0.05, 0) is 12.1 Å². The minimum atomic E-state index is -0.330. The summed E-state index contributed by atoms with van der Waals surface area (Å²) in [6.07, 6.45) is 1.63. The first kappa shape index (κ1) is 16.2. The molecule has 0 saturated heterocycles. The van der Waals surface area contributed by atoms with E-state index in [2.05, 4.69) is 20.5 Å². The second kappa shape index (κ2) is 7.22. The molecule has 2 aromatic rings. The van der Waals surface area contributed by atoms with Gasteiger partial charge in [-0.3, -0.25) is 4.99 Å². The summed E-state index contributed by atoms with van der Waals surface area (Å²) < 4.78 is 15.7. The fourth-order valence-corrected chi connectivity index (χ4v) is 2.23. The second-order valence-electron chi connectivity index (χ2n) is 4.82. The highest BCUT2D eigenvalue weighted by Crippen LogP contribution is 2.20. The van der Waals surface area contributed by atoms with E-state index in [-0.39, 0.29) is 5.82 Å². The molecular weight excluding hydrogens is 307 g/mol. The maximum Gasteiger partial charge on any atom is 0.194 e. The van der Waals surface area contributed by atoms with Crippen molar-refractivity contribution in [2.24, 2.45) is 12.0 Å². The van der Waals surface area contributed by atoms with Gasteiger partial charge in [0.2, 0.25) is 0 Å². The molecule has 1 aromatic carbocycles. The third-order valence-corrected chi connectivity index (χ3v) is 3.59. The van der Waals surface area contributed by atoms with E-state index in [1.807, 2.05) is 18.7 Å². The van der Waals surface area contributed by atoms with Gasteiger partial charge < -0.3 is 14.8 Å². The van der Waals surface area contributed by atoms with Gasteiger partial charge in [0.25, 0.3) is 0 Å². The lowest BCUT2D eigenvalue weighted by atomic mass is 10.2. The highest BCUT2D eigenvalue weighted by atomic mass is 35.5. The van der Waals surface area contributed by atoms with Crippen LogP contribution in [0.4, 0.5) is 4.39 Å². The highest BCUT2D eigenvalue weighted by molar-refractivity contribution is 6.31. The van der Waals surface area contributed by atoms with Crippen LogP contribution in [0.2, 0.25) is 5.02 Å². The lowest BCUT2D eigenvalue weighted by Crippen LogP contribution is -2.38. The molecule has 1 heterocycles. The molecular formula is C14H18ClFN6. The molecule has 0 fully saturated rings. The molecule has 118 valence electrons. The van der Waals surface area contributed by atoms with Gasteiger partial charge in [0.05, 0.1) is 6.54 Å². The van der Waals surface area contributed by atoms with Crippen LogP contribution in [0.25, 0.3) is 0 Å². The van der Waals surface area contributed by atoms with Crippen molar-refractivity contribution in [1.82, 2.24) is 25.0 Å². The van der Waals surface area contributed by atoms with Crippen molar-refractivity contribution in [3.8, 4) is 0 Å². The first-order valence-corrected chi connectivity index (χ1v) is 7.08. The molecule has 0 atom stereocenters. The van der Waals surface area contributed by atoms with Gasteiger partial charge >= 0.3 is 0 Å². The topological polar surface area (TPSA) is 58.3 Å². The van der Waals surface area contributed by atoms with E-state index in [1.54, 1.807) is 30.4 Å². The van der Waals surface area contributed by atoms with Crippen molar-refractivity contribution in [2.45, 2.75) is 13.1 Å². The van der Waals surface area contributed by atoms with Gasteiger partial charge in [-0.25, -0.2) is 4.39 Å². The number of guanidine groups is 1. The van der Waals surface area contributed by atoms with Gasteiger partial charge in [-0.1, -0.05) is 17.7 Å². The zero-order valence-electron chi connectivity index (χ0n) is 12.7. The summed E-state index contributed by atoms with van der Waals surface area (Å²) in [4.78, 5) is 5.97. The van der Waals surface area contributed by atoms with Gasteiger partial charge in [0.1, 0.15) is 12.1 Å². The number of hydrogen-bond donors (Lipinski definition) is 1. The quantitative estimate of drug-likeness (QED) is 0.688. The molecule has 0 aliphatic rings. The monoisotopic (exact) mass is 324 g/mol. The average molecular weight is 325 g/mol. The van der Waals surface area contributed by atoms with Crippen molar-refractivity contribution in [1.29, 1.82) is 0 Å². The lowest BCUT2D eigenvalue weighted by Gasteiger charge is -2.22. The van der Waals surface area contributed by atoms with Crippen molar-refractivity contribution in [3.63, 3.8) is 0 Å². The number of benzene rings is 1. The Labute approximate surface area is 133 Å². The zero-order valence-corrected chi connectivity index (χ0v) is 13.5. The van der Waals surface area contributed by atoms with Crippen LogP contribution in [0.5, 0.6) is 0 Å². The van der Waals surface area contributed by atoms with Crippen molar-refractivity contribution < 1.29 is 4.39 Å². The number of aryl methyl sites for hydroxylation is 1. The Morgan fingerprint density at radius 2 is 2.27 bits per heavy atom. The first-order chi connectivity index (χ1) is 10.5. The van der Waals surface area contributed by atoms with Crippen LogP contribution in [0.3, 0.4) is 0 Å². The Morgan fingerprint density at radius 3 is 2.86 bits per heavy atom. The maximum atomic E-state index is 13.8. The number of aromatic nitrogens is 3. The molecule has 1 N–H and O–H groups in total. The van der Waals surface area contributed by atoms with Crippen LogP contribution in [-0.2, 0) is 20.1 Å². The summed E-state index contributed by atoms with van der Waals surface area (Å²) in [6, 6.07) is 4.65. The van der Waals surface area contributed by atoms with E-state index in [0.717, 1.165) is 5.82 Å². The molecule has 1 aromatic heterocycles. The number of halogens is 2. The molecule has 2 rings (SSSR count). The number of rotatable bonds is 4. The molecule has 6 nitrogen and oxygen atoms in total. The molecule has 0 aliphatic heterocycles. The summed E-state index contributed by atoms with van der Waals surface area (Å²) in [5.41, 5.74) is 0.438. The third kappa shape index (κ3) is 3.73. The van der Waals surface area contributed by atoms with E-state index < -0.39 is 0 Å². The standard InChI is InChI=1S/C14H18ClFN6/c1-17-14(18-7-13-20-19-9-22(13)3)21(2)8-10-11(15)5-4-6-12(10)16/h4-6,9H,7-8H2,1-3H3,(H,17,18). The maximum absolute atomic E-state index is 13.8. The number of nitrogens with one attached hydrogen (secondary N) is 1. The van der Waals surface area contributed by atoms with Crippen LogP contribution in [-0.4, -0.2) is 39.7 Å².